The SMILES string of the molecule is CC(=O)N1c2ccc(F)cc2[C@H](Nc2cnc(C#N)cn2)[C@@H](C)[C@H]1C1CC1. The molecule has 1 aromatic carbocycles. The molecule has 2 aromatic rings. The Bertz CT molecular complexity index is 919. The Morgan fingerprint density at radius 1 is 1.33 bits per heavy atom. The molecule has 1 aliphatic carbocycles. The molecule has 7 heteroatoms. The normalized spacial score (nSPS) is 24.1. The molecule has 1 saturated carbocycles. The first-order valence-electron chi connectivity index (χ1n) is 9.07. The minimum atomic E-state index is -0.341. The van der Waals surface area contributed by atoms with Crippen LogP contribution in [-0.2, 0) is 4.79 Å². The summed E-state index contributed by atoms with van der Waals surface area (Å²) in [5, 5.41) is 12.2. The van der Waals surface area contributed by atoms with Gasteiger partial charge >= 0.3 is 0 Å². The average molecular weight is 365 g/mol. The molecular formula is C20H20FN5O. The van der Waals surface area contributed by atoms with Crippen molar-refractivity contribution in [3.05, 3.63) is 47.7 Å². The van der Waals surface area contributed by atoms with Gasteiger partial charge in [0, 0.05) is 30.1 Å². The molecule has 2 aliphatic rings. The summed E-state index contributed by atoms with van der Waals surface area (Å²) in [5.74, 6) is 0.675. The number of anilines is 2. The van der Waals surface area contributed by atoms with Crippen molar-refractivity contribution in [2.45, 2.75) is 38.8 Å². The number of carbonyl (C=O) groups excluding carboxylic acids is 1. The number of hydrogen-bond acceptors (Lipinski definition) is 5. The Balaban J connectivity index is 1.77. The molecule has 4 rings (SSSR count). The zero-order chi connectivity index (χ0) is 19.1. The van der Waals surface area contributed by atoms with E-state index in [0.717, 1.165) is 24.1 Å². The number of fused-ring (bicyclic) bond motifs is 1. The van der Waals surface area contributed by atoms with Gasteiger partial charge in [-0.25, -0.2) is 14.4 Å². The molecule has 0 saturated heterocycles. The standard InChI is InChI=1S/C20H20FN5O/c1-11-19(25-18-10-23-15(8-22)9-24-18)16-7-14(21)5-6-17(16)26(12(2)27)20(11)13-3-4-13/h5-7,9-11,13,19-20H,3-4H2,1-2H3,(H,24,25)/t11-,19-,20+/m1/s1. The topological polar surface area (TPSA) is 81.9 Å². The largest absolute Gasteiger partial charge is 0.362 e. The van der Waals surface area contributed by atoms with E-state index in [0.29, 0.717) is 11.7 Å². The predicted molar refractivity (Wildman–Crippen MR) is 98.3 cm³/mol. The maximum absolute atomic E-state index is 14.0. The quantitative estimate of drug-likeness (QED) is 0.901. The van der Waals surface area contributed by atoms with E-state index in [4.69, 9.17) is 5.26 Å². The summed E-state index contributed by atoms with van der Waals surface area (Å²) in [5.41, 5.74) is 1.72. The van der Waals surface area contributed by atoms with Crippen LogP contribution in [0.2, 0.25) is 0 Å². The number of rotatable bonds is 3. The molecule has 6 nitrogen and oxygen atoms in total. The Kier molecular flexibility index (Phi) is 4.27. The van der Waals surface area contributed by atoms with Gasteiger partial charge in [-0.2, -0.15) is 5.26 Å². The molecule has 0 spiro atoms. The van der Waals surface area contributed by atoms with Crippen LogP contribution in [0.25, 0.3) is 0 Å². The first-order chi connectivity index (χ1) is 13.0. The zero-order valence-corrected chi connectivity index (χ0v) is 15.2. The summed E-state index contributed by atoms with van der Waals surface area (Å²) in [6.07, 6.45) is 5.10. The number of nitriles is 1. The molecule has 27 heavy (non-hydrogen) atoms. The molecule has 0 unspecified atom stereocenters. The van der Waals surface area contributed by atoms with Crippen molar-refractivity contribution in [1.82, 2.24) is 9.97 Å². The van der Waals surface area contributed by atoms with Crippen LogP contribution < -0.4 is 10.2 Å². The fraction of sp³-hybridized carbons (Fsp3) is 0.400. The van der Waals surface area contributed by atoms with E-state index in [1.165, 1.54) is 24.5 Å². The van der Waals surface area contributed by atoms with Crippen LogP contribution >= 0.6 is 0 Å². The van der Waals surface area contributed by atoms with Gasteiger partial charge in [-0.05, 0) is 37.0 Å². The fourth-order valence-corrected chi connectivity index (χ4v) is 4.16. The highest BCUT2D eigenvalue weighted by Gasteiger charge is 2.47. The Morgan fingerprint density at radius 3 is 2.70 bits per heavy atom. The summed E-state index contributed by atoms with van der Waals surface area (Å²) in [6.45, 7) is 3.65. The maximum atomic E-state index is 14.0. The lowest BCUT2D eigenvalue weighted by Crippen LogP contribution is -2.51. The number of benzene rings is 1. The maximum Gasteiger partial charge on any atom is 0.224 e. The monoisotopic (exact) mass is 365 g/mol. The van der Waals surface area contributed by atoms with Gasteiger partial charge < -0.3 is 10.2 Å². The van der Waals surface area contributed by atoms with Crippen molar-refractivity contribution in [3.8, 4) is 6.07 Å². The van der Waals surface area contributed by atoms with Gasteiger partial charge in [0.05, 0.1) is 18.4 Å². The van der Waals surface area contributed by atoms with Crippen LogP contribution in [0.4, 0.5) is 15.9 Å². The van der Waals surface area contributed by atoms with Gasteiger partial charge in [-0.3, -0.25) is 4.79 Å². The van der Waals surface area contributed by atoms with Gasteiger partial charge in [-0.15, -0.1) is 0 Å². The smallest absolute Gasteiger partial charge is 0.224 e. The third-order valence-electron chi connectivity index (χ3n) is 5.46. The highest BCUT2D eigenvalue weighted by atomic mass is 19.1. The van der Waals surface area contributed by atoms with Crippen LogP contribution in [-0.4, -0.2) is 21.9 Å². The number of nitrogens with one attached hydrogen (secondary N) is 1. The Hall–Kier alpha value is -3.01. The van der Waals surface area contributed by atoms with Crippen molar-refractivity contribution >= 4 is 17.4 Å². The molecule has 2 heterocycles. The Morgan fingerprint density at radius 2 is 2.11 bits per heavy atom. The minimum absolute atomic E-state index is 0.0248. The van der Waals surface area contributed by atoms with Crippen molar-refractivity contribution in [3.63, 3.8) is 0 Å². The van der Waals surface area contributed by atoms with E-state index < -0.39 is 0 Å². The number of hydrogen-bond donors (Lipinski definition) is 1. The number of amides is 1. The fourth-order valence-electron chi connectivity index (χ4n) is 4.16. The van der Waals surface area contributed by atoms with Crippen LogP contribution in [0, 0.1) is 29.0 Å². The molecule has 0 bridgehead atoms. The van der Waals surface area contributed by atoms with E-state index in [9.17, 15) is 9.18 Å². The molecule has 0 radical (unpaired) electrons. The highest BCUT2D eigenvalue weighted by molar-refractivity contribution is 5.94. The lowest BCUT2D eigenvalue weighted by atomic mass is 9.80. The molecule has 1 amide bonds. The molecule has 1 fully saturated rings. The van der Waals surface area contributed by atoms with Gasteiger partial charge in [0.2, 0.25) is 5.91 Å². The van der Waals surface area contributed by atoms with E-state index in [2.05, 4.69) is 22.2 Å². The summed E-state index contributed by atoms with van der Waals surface area (Å²) < 4.78 is 14.0. The van der Waals surface area contributed by atoms with E-state index in [1.807, 2.05) is 11.0 Å². The predicted octanol–water partition coefficient (Wildman–Crippen LogP) is 3.42. The van der Waals surface area contributed by atoms with Crippen LogP contribution in [0.1, 0.15) is 44.0 Å². The van der Waals surface area contributed by atoms with Crippen molar-refractivity contribution in [2.24, 2.45) is 11.8 Å². The number of nitrogens with zero attached hydrogens (tertiary/aromatic N) is 4. The van der Waals surface area contributed by atoms with E-state index in [-0.39, 0.29) is 35.4 Å². The van der Waals surface area contributed by atoms with Crippen LogP contribution in [0.3, 0.4) is 0 Å². The van der Waals surface area contributed by atoms with E-state index in [1.54, 1.807) is 13.0 Å². The van der Waals surface area contributed by atoms with Crippen molar-refractivity contribution < 1.29 is 9.18 Å². The molecule has 1 aliphatic heterocycles. The summed E-state index contributed by atoms with van der Waals surface area (Å²) in [6, 6.07) is 6.36. The molecule has 1 aromatic heterocycles. The molecule has 138 valence electrons. The second kappa shape index (κ2) is 6.62. The second-order valence-corrected chi connectivity index (χ2v) is 7.30. The average Bonchev–Trinajstić information content (AvgIpc) is 3.48. The van der Waals surface area contributed by atoms with Crippen LogP contribution in [0.5, 0.6) is 0 Å². The first-order valence-corrected chi connectivity index (χ1v) is 9.07. The minimum Gasteiger partial charge on any atom is -0.362 e. The number of aromatic nitrogens is 2. The second-order valence-electron chi connectivity index (χ2n) is 7.30. The van der Waals surface area contributed by atoms with E-state index >= 15 is 0 Å². The highest BCUT2D eigenvalue weighted by Crippen LogP contribution is 2.49. The number of carbonyl (C=O) groups is 1. The zero-order valence-electron chi connectivity index (χ0n) is 15.2. The third-order valence-corrected chi connectivity index (χ3v) is 5.46. The van der Waals surface area contributed by atoms with Crippen LogP contribution in [0.15, 0.2) is 30.6 Å². The summed E-state index contributed by atoms with van der Waals surface area (Å²) in [7, 11) is 0. The molecule has 3 atom stereocenters. The first kappa shape index (κ1) is 17.4. The molecular weight excluding hydrogens is 345 g/mol. The van der Waals surface area contributed by atoms with Crippen molar-refractivity contribution in [2.75, 3.05) is 10.2 Å². The van der Waals surface area contributed by atoms with Gasteiger partial charge in [0.15, 0.2) is 5.69 Å². The lowest BCUT2D eigenvalue weighted by Gasteiger charge is -2.45. The van der Waals surface area contributed by atoms with Gasteiger partial charge in [0.1, 0.15) is 17.7 Å². The van der Waals surface area contributed by atoms with Gasteiger partial charge in [-0.1, -0.05) is 6.92 Å². The van der Waals surface area contributed by atoms with Crippen molar-refractivity contribution in [1.29, 1.82) is 5.26 Å². The van der Waals surface area contributed by atoms with Gasteiger partial charge in [0.25, 0.3) is 0 Å². The Labute approximate surface area is 157 Å². The molecule has 1 N–H and O–H groups in total. The number of halogens is 1. The summed E-state index contributed by atoms with van der Waals surface area (Å²) >= 11 is 0. The summed E-state index contributed by atoms with van der Waals surface area (Å²) in [4.78, 5) is 22.6. The lowest BCUT2D eigenvalue weighted by molar-refractivity contribution is -0.117. The third kappa shape index (κ3) is 3.12.